The number of nitro groups is 1. The first-order valence-electron chi connectivity index (χ1n) is 8.56. The van der Waals surface area contributed by atoms with Gasteiger partial charge in [-0.25, -0.2) is 13.8 Å². The largest absolute Gasteiger partial charge is 0.463 e. The summed E-state index contributed by atoms with van der Waals surface area (Å²) in [6.07, 6.45) is 2.68. The van der Waals surface area contributed by atoms with E-state index in [0.29, 0.717) is 5.76 Å². The first kappa shape index (κ1) is 20.7. The molecular formula is C19H16N4O6S. The van der Waals surface area contributed by atoms with E-state index in [1.54, 1.807) is 30.3 Å². The van der Waals surface area contributed by atoms with Gasteiger partial charge in [-0.3, -0.25) is 19.2 Å². The van der Waals surface area contributed by atoms with Crippen LogP contribution in [0, 0.1) is 10.1 Å². The number of amides is 1. The van der Waals surface area contributed by atoms with Gasteiger partial charge < -0.3 is 4.42 Å². The minimum Gasteiger partial charge on any atom is -0.463 e. The Bertz CT molecular complexity index is 1160. The Morgan fingerprint density at radius 2 is 1.80 bits per heavy atom. The Hall–Kier alpha value is -3.99. The molecule has 0 unspecified atom stereocenters. The number of carbonyl (C=O) groups is 1. The molecule has 1 amide bonds. The third-order valence-corrected chi connectivity index (χ3v) is 5.71. The highest BCUT2D eigenvalue weighted by molar-refractivity contribution is 7.93. The lowest BCUT2D eigenvalue weighted by Crippen LogP contribution is -2.39. The topological polar surface area (TPSA) is 135 Å². The fourth-order valence-electron chi connectivity index (χ4n) is 2.55. The van der Waals surface area contributed by atoms with Crippen molar-refractivity contribution in [2.45, 2.75) is 4.90 Å². The molecule has 1 aromatic heterocycles. The molecule has 10 nitrogen and oxygen atoms in total. The Labute approximate surface area is 171 Å². The van der Waals surface area contributed by atoms with E-state index in [4.69, 9.17) is 4.42 Å². The molecule has 0 spiro atoms. The van der Waals surface area contributed by atoms with Crippen LogP contribution in [0.5, 0.6) is 0 Å². The van der Waals surface area contributed by atoms with Gasteiger partial charge in [0.2, 0.25) is 0 Å². The van der Waals surface area contributed by atoms with Crippen molar-refractivity contribution < 1.29 is 22.6 Å². The highest BCUT2D eigenvalue weighted by Gasteiger charge is 2.32. The van der Waals surface area contributed by atoms with E-state index in [1.807, 2.05) is 0 Å². The summed E-state index contributed by atoms with van der Waals surface area (Å²) in [4.78, 5) is 22.4. The van der Waals surface area contributed by atoms with E-state index < -0.39 is 38.0 Å². The number of furan rings is 1. The van der Waals surface area contributed by atoms with Crippen LogP contribution in [0.25, 0.3) is 0 Å². The molecule has 154 valence electrons. The molecule has 30 heavy (non-hydrogen) atoms. The molecule has 0 fully saturated rings. The van der Waals surface area contributed by atoms with Crippen LogP contribution in [0.1, 0.15) is 5.76 Å². The van der Waals surface area contributed by atoms with Crippen molar-refractivity contribution in [2.24, 2.45) is 5.10 Å². The number of hydrogen-bond donors (Lipinski definition) is 1. The van der Waals surface area contributed by atoms with E-state index in [0.717, 1.165) is 16.4 Å². The van der Waals surface area contributed by atoms with Crippen LogP contribution in [-0.4, -0.2) is 32.0 Å². The van der Waals surface area contributed by atoms with Gasteiger partial charge in [0, 0.05) is 6.07 Å². The lowest BCUT2D eigenvalue weighted by molar-refractivity contribution is -0.387. The Morgan fingerprint density at radius 3 is 2.47 bits per heavy atom. The van der Waals surface area contributed by atoms with E-state index >= 15 is 0 Å². The smallest absolute Gasteiger partial charge is 0.289 e. The highest BCUT2D eigenvalue weighted by atomic mass is 32.2. The fourth-order valence-corrected chi connectivity index (χ4v) is 4.13. The monoisotopic (exact) mass is 428 g/mol. The quantitative estimate of drug-likeness (QED) is 0.333. The van der Waals surface area contributed by atoms with E-state index in [1.165, 1.54) is 36.7 Å². The van der Waals surface area contributed by atoms with Crippen molar-refractivity contribution in [2.75, 3.05) is 10.8 Å². The average molecular weight is 428 g/mol. The average Bonchev–Trinajstić information content (AvgIpc) is 3.26. The van der Waals surface area contributed by atoms with Gasteiger partial charge >= 0.3 is 0 Å². The molecule has 0 aliphatic rings. The van der Waals surface area contributed by atoms with Crippen LogP contribution in [0.2, 0.25) is 0 Å². The molecule has 0 saturated heterocycles. The maximum Gasteiger partial charge on any atom is 0.289 e. The zero-order valence-electron chi connectivity index (χ0n) is 15.4. The van der Waals surface area contributed by atoms with Crippen LogP contribution in [0.15, 0.2) is 87.4 Å². The summed E-state index contributed by atoms with van der Waals surface area (Å²) in [7, 11) is -4.43. The zero-order chi connectivity index (χ0) is 21.6. The van der Waals surface area contributed by atoms with Crippen molar-refractivity contribution in [3.63, 3.8) is 0 Å². The predicted molar refractivity (Wildman–Crippen MR) is 109 cm³/mol. The number of nitrogens with zero attached hydrogens (tertiary/aromatic N) is 3. The summed E-state index contributed by atoms with van der Waals surface area (Å²) in [5.74, 6) is -0.355. The van der Waals surface area contributed by atoms with Crippen LogP contribution < -0.4 is 9.73 Å². The van der Waals surface area contributed by atoms with Crippen molar-refractivity contribution in [3.05, 3.63) is 88.9 Å². The molecule has 2 aromatic carbocycles. The van der Waals surface area contributed by atoms with Gasteiger partial charge in [-0.1, -0.05) is 30.3 Å². The standard InChI is InChI=1S/C19H16N4O6S/c24-19(21-20-13-16-9-6-12-29-16)14-22(15-7-2-1-3-8-15)30(27,28)18-11-5-4-10-17(18)23(25)26/h1-13H,14H2,(H,21,24)/b20-13-. The number of sulfonamides is 1. The predicted octanol–water partition coefficient (Wildman–Crippen LogP) is 2.53. The number of para-hydroxylation sites is 2. The third-order valence-electron chi connectivity index (χ3n) is 3.89. The Kier molecular flexibility index (Phi) is 6.23. The Morgan fingerprint density at radius 1 is 1.10 bits per heavy atom. The van der Waals surface area contributed by atoms with Crippen LogP contribution in [0.4, 0.5) is 11.4 Å². The number of rotatable bonds is 8. The molecule has 0 aliphatic heterocycles. The minimum absolute atomic E-state index is 0.167. The molecule has 3 aromatic rings. The molecule has 0 radical (unpaired) electrons. The van der Waals surface area contributed by atoms with Crippen molar-refractivity contribution in [1.82, 2.24) is 5.43 Å². The first-order chi connectivity index (χ1) is 14.4. The Balaban J connectivity index is 1.92. The molecular weight excluding hydrogens is 412 g/mol. The summed E-state index contributed by atoms with van der Waals surface area (Å²) < 4.78 is 32.3. The van der Waals surface area contributed by atoms with Gasteiger partial charge in [-0.2, -0.15) is 5.10 Å². The lowest BCUT2D eigenvalue weighted by atomic mass is 10.3. The summed E-state index contributed by atoms with van der Waals surface area (Å²) in [5, 5.41) is 15.0. The second-order valence-corrected chi connectivity index (χ2v) is 7.71. The molecule has 11 heteroatoms. The first-order valence-corrected chi connectivity index (χ1v) is 10.0. The molecule has 1 heterocycles. The van der Waals surface area contributed by atoms with Gasteiger partial charge in [0.05, 0.1) is 23.1 Å². The zero-order valence-corrected chi connectivity index (χ0v) is 16.2. The number of benzene rings is 2. The molecule has 1 N–H and O–H groups in total. The fraction of sp³-hybridized carbons (Fsp3) is 0.0526. The number of hydrazone groups is 1. The van der Waals surface area contributed by atoms with Crippen molar-refractivity contribution in [1.29, 1.82) is 0 Å². The van der Waals surface area contributed by atoms with E-state index in [2.05, 4.69) is 10.5 Å². The maximum atomic E-state index is 13.2. The number of carbonyl (C=O) groups excluding carboxylic acids is 1. The van der Waals surface area contributed by atoms with Gasteiger partial charge in [0.25, 0.3) is 21.6 Å². The molecule has 0 aliphatic carbocycles. The van der Waals surface area contributed by atoms with E-state index in [9.17, 15) is 23.3 Å². The molecule has 0 bridgehead atoms. The molecule has 3 rings (SSSR count). The number of nitrogens with one attached hydrogen (secondary N) is 1. The van der Waals surface area contributed by atoms with Crippen LogP contribution in [0.3, 0.4) is 0 Å². The highest BCUT2D eigenvalue weighted by Crippen LogP contribution is 2.29. The molecule has 0 atom stereocenters. The maximum absolute atomic E-state index is 13.2. The second kappa shape index (κ2) is 9.01. The number of hydrogen-bond acceptors (Lipinski definition) is 7. The molecule has 0 saturated carbocycles. The lowest BCUT2D eigenvalue weighted by Gasteiger charge is -2.23. The SMILES string of the molecule is O=C(CN(c1ccccc1)S(=O)(=O)c1ccccc1[N+](=O)[O-])N/N=C\c1ccco1. The van der Waals surface area contributed by atoms with Gasteiger partial charge in [0.15, 0.2) is 4.90 Å². The number of nitro benzene ring substituents is 1. The van der Waals surface area contributed by atoms with Gasteiger partial charge in [-0.15, -0.1) is 0 Å². The third kappa shape index (κ3) is 4.70. The summed E-state index contributed by atoms with van der Waals surface area (Å²) >= 11 is 0. The van der Waals surface area contributed by atoms with Gasteiger partial charge in [-0.05, 0) is 30.3 Å². The second-order valence-electron chi connectivity index (χ2n) is 5.88. The minimum atomic E-state index is -4.43. The van der Waals surface area contributed by atoms with Crippen LogP contribution in [-0.2, 0) is 14.8 Å². The summed E-state index contributed by atoms with van der Waals surface area (Å²) in [5.41, 5.74) is 1.79. The van der Waals surface area contributed by atoms with Crippen LogP contribution >= 0.6 is 0 Å². The van der Waals surface area contributed by atoms with Crippen molar-refractivity contribution in [3.8, 4) is 0 Å². The summed E-state index contributed by atoms with van der Waals surface area (Å²) in [6.45, 7) is -0.645. The normalized spacial score (nSPS) is 11.3. The van der Waals surface area contributed by atoms with E-state index in [-0.39, 0.29) is 5.69 Å². The summed E-state index contributed by atoms with van der Waals surface area (Å²) in [6, 6.07) is 16.0. The van der Waals surface area contributed by atoms with Crippen molar-refractivity contribution >= 4 is 33.5 Å². The number of anilines is 1. The van der Waals surface area contributed by atoms with Gasteiger partial charge in [0.1, 0.15) is 12.3 Å².